The molecule has 2 aliphatic heterocycles. The Morgan fingerprint density at radius 3 is 2.30 bits per heavy atom. The number of hydrogen-bond acceptors (Lipinski definition) is 12. The van der Waals surface area contributed by atoms with Gasteiger partial charge in [-0.3, -0.25) is 39.1 Å². The van der Waals surface area contributed by atoms with Crippen molar-refractivity contribution in [3.63, 3.8) is 0 Å². The molecule has 0 radical (unpaired) electrons. The van der Waals surface area contributed by atoms with E-state index in [1.807, 2.05) is 71.6 Å². The van der Waals surface area contributed by atoms with Crippen LogP contribution in [0.3, 0.4) is 0 Å². The van der Waals surface area contributed by atoms with Crippen molar-refractivity contribution in [1.82, 2.24) is 30.8 Å². The summed E-state index contributed by atoms with van der Waals surface area (Å²) in [5.41, 5.74) is 4.18. The van der Waals surface area contributed by atoms with E-state index in [1.165, 1.54) is 18.2 Å². The van der Waals surface area contributed by atoms with E-state index in [-0.39, 0.29) is 47.8 Å². The highest BCUT2D eigenvalue weighted by Crippen LogP contribution is 2.34. The molecule has 1 atom stereocenters. The van der Waals surface area contributed by atoms with E-state index < -0.39 is 42.2 Å². The molecule has 0 bridgehead atoms. The van der Waals surface area contributed by atoms with Gasteiger partial charge in [-0.05, 0) is 98.5 Å². The number of nitrogens with one attached hydrogen (secondary N) is 4. The predicted octanol–water partition coefficient (Wildman–Crippen LogP) is 5.91. The number of ether oxygens (including phenoxy) is 2. The van der Waals surface area contributed by atoms with Gasteiger partial charge in [0.05, 0.1) is 23.3 Å². The molecule has 1 aliphatic carbocycles. The number of anilines is 2. The van der Waals surface area contributed by atoms with E-state index in [4.69, 9.17) is 14.7 Å². The van der Waals surface area contributed by atoms with Crippen molar-refractivity contribution in [2.45, 2.75) is 76.0 Å². The smallest absolute Gasteiger partial charge is 0.322 e. The minimum Gasteiger partial charge on any atom is -0.483 e. The highest BCUT2D eigenvalue weighted by molar-refractivity contribution is 6.24. The van der Waals surface area contributed by atoms with Crippen molar-refractivity contribution in [3.05, 3.63) is 132 Å². The van der Waals surface area contributed by atoms with Crippen LogP contribution in [0.25, 0.3) is 11.1 Å². The van der Waals surface area contributed by atoms with E-state index >= 15 is 0 Å². The molecule has 4 N–H and O–H groups in total. The molecular weight excluding hydrogens is 855 g/mol. The van der Waals surface area contributed by atoms with Crippen LogP contribution < -0.4 is 35.6 Å². The number of imide groups is 2. The van der Waals surface area contributed by atoms with Crippen LogP contribution in [-0.2, 0) is 20.9 Å². The zero-order chi connectivity index (χ0) is 46.7. The van der Waals surface area contributed by atoms with Gasteiger partial charge < -0.3 is 25.4 Å². The standard InChI is InChI=1S/C50H49N9O8/c51-27-33-11-22-42(53-29-33)56-36-15-19-38(20-16-36)58(50(65)55-28-32-7-2-1-3-8-32)37-17-12-34(13-18-37)35-14-24-45(54-30-35)66-26-5-4-25-52-44(61)31-67-41-10-6-9-39-46(41)49(64)59(48(39)63)40-21-23-43(60)57-47(40)62/h1-3,6-14,17-18,22,24,29-30,36,38,40H,4-5,15-16,19-21,23,25-26,28,31H2,(H,52,61)(H,53,56)(H,55,65)(H,57,60,62)/t36-,38-,40?. The van der Waals surface area contributed by atoms with E-state index in [0.29, 0.717) is 44.0 Å². The lowest BCUT2D eigenvalue weighted by Gasteiger charge is -2.37. The predicted molar refractivity (Wildman–Crippen MR) is 246 cm³/mol. The highest BCUT2D eigenvalue weighted by Gasteiger charge is 2.46. The maximum atomic E-state index is 13.9. The van der Waals surface area contributed by atoms with Gasteiger partial charge in [0.2, 0.25) is 17.7 Å². The molecule has 342 valence electrons. The van der Waals surface area contributed by atoms with Crippen molar-refractivity contribution >= 4 is 47.1 Å². The molecule has 17 heteroatoms. The summed E-state index contributed by atoms with van der Waals surface area (Å²) < 4.78 is 11.5. The fourth-order valence-corrected chi connectivity index (χ4v) is 8.47. The molecular formula is C50H49N9O8. The monoisotopic (exact) mass is 903 g/mol. The van der Waals surface area contributed by atoms with Crippen molar-refractivity contribution in [3.8, 4) is 28.8 Å². The second-order valence-electron chi connectivity index (χ2n) is 16.5. The first-order valence-corrected chi connectivity index (χ1v) is 22.3. The molecule has 8 rings (SSSR count). The Balaban J connectivity index is 0.785. The van der Waals surface area contributed by atoms with Gasteiger partial charge >= 0.3 is 6.03 Å². The number of carbonyl (C=O) groups is 6. The Hall–Kier alpha value is -8.13. The van der Waals surface area contributed by atoms with Gasteiger partial charge in [0.1, 0.15) is 23.7 Å². The molecule has 4 heterocycles. The van der Waals surface area contributed by atoms with E-state index in [0.717, 1.165) is 58.8 Å². The quantitative estimate of drug-likeness (QED) is 0.0632. The van der Waals surface area contributed by atoms with Crippen LogP contribution in [-0.4, -0.2) is 88.3 Å². The van der Waals surface area contributed by atoms with Crippen LogP contribution in [0.15, 0.2) is 109 Å². The third-order valence-corrected chi connectivity index (χ3v) is 12.0. The molecule has 7 amide bonds. The second kappa shape index (κ2) is 21.2. The second-order valence-corrected chi connectivity index (χ2v) is 16.5. The van der Waals surface area contributed by atoms with Gasteiger partial charge in [0, 0.05) is 61.3 Å². The highest BCUT2D eigenvalue weighted by atomic mass is 16.5. The summed E-state index contributed by atoms with van der Waals surface area (Å²) >= 11 is 0. The summed E-state index contributed by atoms with van der Waals surface area (Å²) in [7, 11) is 0. The zero-order valence-electron chi connectivity index (χ0n) is 36.6. The molecule has 3 aliphatic rings. The van der Waals surface area contributed by atoms with Gasteiger partial charge in [0.15, 0.2) is 6.61 Å². The number of fused-ring (bicyclic) bond motifs is 1. The Kier molecular flexibility index (Phi) is 14.4. The molecule has 1 saturated carbocycles. The van der Waals surface area contributed by atoms with Gasteiger partial charge in [-0.1, -0.05) is 48.5 Å². The number of nitriles is 1. The average Bonchev–Trinajstić information content (AvgIpc) is 3.61. The number of rotatable bonds is 17. The molecule has 67 heavy (non-hydrogen) atoms. The third kappa shape index (κ3) is 11.0. The lowest BCUT2D eigenvalue weighted by atomic mass is 9.89. The van der Waals surface area contributed by atoms with Crippen molar-refractivity contribution in [1.29, 1.82) is 5.26 Å². The van der Waals surface area contributed by atoms with Crippen LogP contribution in [0.2, 0.25) is 0 Å². The summed E-state index contributed by atoms with van der Waals surface area (Å²) in [4.78, 5) is 88.4. The van der Waals surface area contributed by atoms with E-state index in [1.54, 1.807) is 24.5 Å². The fourth-order valence-electron chi connectivity index (χ4n) is 8.47. The van der Waals surface area contributed by atoms with Crippen molar-refractivity contribution < 1.29 is 38.2 Å². The summed E-state index contributed by atoms with van der Waals surface area (Å²) in [6, 6.07) is 30.5. The number of aromatic nitrogens is 2. The largest absolute Gasteiger partial charge is 0.483 e. The molecule has 2 aromatic heterocycles. The summed E-state index contributed by atoms with van der Waals surface area (Å²) in [6.45, 7) is 0.737. The number of piperidine rings is 1. The minimum absolute atomic E-state index is 0.00563. The number of urea groups is 1. The normalized spacial score (nSPS) is 17.7. The number of unbranched alkanes of at least 4 members (excludes halogenated alkanes) is 1. The Labute approximate surface area is 386 Å². The number of benzene rings is 3. The molecule has 3 aromatic carbocycles. The van der Waals surface area contributed by atoms with Gasteiger partial charge in [-0.25, -0.2) is 14.8 Å². The zero-order valence-corrected chi connectivity index (χ0v) is 36.6. The molecule has 1 saturated heterocycles. The fraction of sp³-hybridized carbons (Fsp3) is 0.300. The SMILES string of the molecule is N#Cc1ccc(N[C@H]2CC[C@H](N(C(=O)NCc3ccccc3)c3ccc(-c4ccc(OCCCCNC(=O)COc5cccc6c5C(=O)N(C5CCC(=O)NC5=O)C6=O)nc4)cc3)CC2)nc1. The lowest BCUT2D eigenvalue weighted by Crippen LogP contribution is -2.54. The molecule has 17 nitrogen and oxygen atoms in total. The lowest BCUT2D eigenvalue weighted by molar-refractivity contribution is -0.136. The number of pyridine rings is 2. The Bertz CT molecular complexity index is 2650. The van der Waals surface area contributed by atoms with E-state index in [2.05, 4.69) is 37.3 Å². The summed E-state index contributed by atoms with van der Waals surface area (Å²) in [5.74, 6) is -1.73. The molecule has 0 spiro atoms. The van der Waals surface area contributed by atoms with Crippen LogP contribution in [0.1, 0.15) is 83.2 Å². The van der Waals surface area contributed by atoms with Crippen molar-refractivity contribution in [2.75, 3.05) is 30.0 Å². The molecule has 1 unspecified atom stereocenters. The summed E-state index contributed by atoms with van der Waals surface area (Å²) in [5, 5.41) is 20.7. The Morgan fingerprint density at radius 2 is 1.58 bits per heavy atom. The Morgan fingerprint density at radius 1 is 0.791 bits per heavy atom. The molecule has 2 fully saturated rings. The van der Waals surface area contributed by atoms with Crippen LogP contribution in [0, 0.1) is 11.3 Å². The van der Waals surface area contributed by atoms with Crippen LogP contribution in [0.4, 0.5) is 16.3 Å². The molecule has 5 aromatic rings. The van der Waals surface area contributed by atoms with Crippen LogP contribution >= 0.6 is 0 Å². The number of amides is 7. The number of nitrogens with zero attached hydrogens (tertiary/aromatic N) is 5. The average molecular weight is 904 g/mol. The summed E-state index contributed by atoms with van der Waals surface area (Å²) in [6.07, 6.45) is 7.88. The van der Waals surface area contributed by atoms with Crippen LogP contribution in [0.5, 0.6) is 11.6 Å². The maximum absolute atomic E-state index is 13.9. The third-order valence-electron chi connectivity index (χ3n) is 12.0. The first-order valence-electron chi connectivity index (χ1n) is 22.3. The van der Waals surface area contributed by atoms with Gasteiger partial charge in [-0.15, -0.1) is 0 Å². The number of hydrogen-bond donors (Lipinski definition) is 4. The first kappa shape index (κ1) is 45.4. The van der Waals surface area contributed by atoms with E-state index in [9.17, 15) is 28.8 Å². The first-order chi connectivity index (χ1) is 32.6. The van der Waals surface area contributed by atoms with Gasteiger partial charge in [-0.2, -0.15) is 5.26 Å². The number of carbonyl (C=O) groups excluding carboxylic acids is 6. The van der Waals surface area contributed by atoms with Crippen molar-refractivity contribution in [2.24, 2.45) is 0 Å². The maximum Gasteiger partial charge on any atom is 0.322 e. The topological polar surface area (TPSA) is 225 Å². The van der Waals surface area contributed by atoms with Gasteiger partial charge in [0.25, 0.3) is 17.7 Å². The minimum atomic E-state index is -1.11.